The van der Waals surface area contributed by atoms with Crippen LogP contribution in [0.2, 0.25) is 0 Å². The van der Waals surface area contributed by atoms with Crippen LogP contribution in [0.4, 0.5) is 5.69 Å². The van der Waals surface area contributed by atoms with Gasteiger partial charge in [-0.25, -0.2) is 0 Å². The molecule has 2 aromatic rings. The normalized spacial score (nSPS) is 15.4. The molecule has 1 aliphatic rings. The van der Waals surface area contributed by atoms with E-state index in [1.807, 2.05) is 37.3 Å². The SMILES string of the molecule is Cc1ccc(C=C2SC(=S)N(CCC(=O)Nc3ccc(O)cc3)C2=O)cc1. The number of benzene rings is 2. The van der Waals surface area contributed by atoms with E-state index < -0.39 is 0 Å². The molecule has 0 radical (unpaired) electrons. The number of aryl methyl sites for hydroxylation is 1. The lowest BCUT2D eigenvalue weighted by Crippen LogP contribution is -2.31. The molecule has 2 N–H and O–H groups in total. The van der Waals surface area contributed by atoms with Crippen molar-refractivity contribution < 1.29 is 14.7 Å². The van der Waals surface area contributed by atoms with Gasteiger partial charge in [-0.3, -0.25) is 14.5 Å². The van der Waals surface area contributed by atoms with Gasteiger partial charge in [0.05, 0.1) is 4.91 Å². The molecule has 0 bridgehead atoms. The van der Waals surface area contributed by atoms with Gasteiger partial charge >= 0.3 is 0 Å². The Hall–Kier alpha value is -2.64. The van der Waals surface area contributed by atoms with Crippen molar-refractivity contribution in [3.8, 4) is 5.75 Å². The van der Waals surface area contributed by atoms with Crippen molar-refractivity contribution in [2.75, 3.05) is 11.9 Å². The molecule has 27 heavy (non-hydrogen) atoms. The van der Waals surface area contributed by atoms with Crippen molar-refractivity contribution >= 4 is 51.9 Å². The molecule has 138 valence electrons. The van der Waals surface area contributed by atoms with Gasteiger partial charge in [0.25, 0.3) is 5.91 Å². The highest BCUT2D eigenvalue weighted by Gasteiger charge is 2.32. The van der Waals surface area contributed by atoms with E-state index in [1.165, 1.54) is 28.8 Å². The molecule has 2 aromatic carbocycles. The van der Waals surface area contributed by atoms with Crippen molar-refractivity contribution in [3.63, 3.8) is 0 Å². The number of carbonyl (C=O) groups is 2. The molecule has 0 atom stereocenters. The monoisotopic (exact) mass is 398 g/mol. The number of amides is 2. The second-order valence-corrected chi connectivity index (χ2v) is 7.76. The molecule has 0 spiro atoms. The third-order valence-corrected chi connectivity index (χ3v) is 5.34. The zero-order chi connectivity index (χ0) is 19.4. The minimum absolute atomic E-state index is 0.130. The van der Waals surface area contributed by atoms with Crippen molar-refractivity contribution in [2.45, 2.75) is 13.3 Å². The molecule has 0 aliphatic carbocycles. The van der Waals surface area contributed by atoms with E-state index in [2.05, 4.69) is 5.32 Å². The van der Waals surface area contributed by atoms with Gasteiger partial charge in [0.15, 0.2) is 0 Å². The molecule has 3 rings (SSSR count). The summed E-state index contributed by atoms with van der Waals surface area (Å²) in [6, 6.07) is 14.1. The molecule has 5 nitrogen and oxygen atoms in total. The Balaban J connectivity index is 1.59. The van der Waals surface area contributed by atoms with Gasteiger partial charge in [-0.05, 0) is 42.8 Å². The zero-order valence-corrected chi connectivity index (χ0v) is 16.3. The van der Waals surface area contributed by atoms with Crippen LogP contribution in [0.3, 0.4) is 0 Å². The highest BCUT2D eigenvalue weighted by molar-refractivity contribution is 8.26. The summed E-state index contributed by atoms with van der Waals surface area (Å²) >= 11 is 6.54. The number of thiocarbonyl (C=S) groups is 1. The van der Waals surface area contributed by atoms with Crippen LogP contribution in [-0.4, -0.2) is 32.7 Å². The first-order valence-corrected chi connectivity index (χ1v) is 9.56. The smallest absolute Gasteiger partial charge is 0.266 e. The minimum atomic E-state index is -0.225. The first-order valence-electron chi connectivity index (χ1n) is 8.33. The van der Waals surface area contributed by atoms with Crippen molar-refractivity contribution in [3.05, 3.63) is 64.6 Å². The number of nitrogens with zero attached hydrogens (tertiary/aromatic N) is 1. The van der Waals surface area contributed by atoms with E-state index >= 15 is 0 Å². The third kappa shape index (κ3) is 4.96. The Bertz CT molecular complexity index is 906. The van der Waals surface area contributed by atoms with Gasteiger partial charge < -0.3 is 10.4 Å². The number of aromatic hydroxyl groups is 1. The minimum Gasteiger partial charge on any atom is -0.508 e. The van der Waals surface area contributed by atoms with Crippen molar-refractivity contribution in [1.82, 2.24) is 4.90 Å². The second-order valence-electron chi connectivity index (χ2n) is 6.09. The molecule has 1 fully saturated rings. The van der Waals surface area contributed by atoms with Crippen LogP contribution >= 0.6 is 24.0 Å². The Morgan fingerprint density at radius 3 is 2.52 bits per heavy atom. The van der Waals surface area contributed by atoms with E-state index in [1.54, 1.807) is 12.1 Å². The fourth-order valence-corrected chi connectivity index (χ4v) is 3.80. The van der Waals surface area contributed by atoms with E-state index in [0.29, 0.717) is 14.9 Å². The molecule has 7 heteroatoms. The van der Waals surface area contributed by atoms with Gasteiger partial charge in [0, 0.05) is 18.7 Å². The number of hydrogen-bond donors (Lipinski definition) is 2. The van der Waals surface area contributed by atoms with Crippen LogP contribution in [0.25, 0.3) is 6.08 Å². The van der Waals surface area contributed by atoms with E-state index in [4.69, 9.17) is 12.2 Å². The maximum absolute atomic E-state index is 12.6. The molecule has 1 heterocycles. The van der Waals surface area contributed by atoms with Gasteiger partial charge in [-0.2, -0.15) is 0 Å². The first kappa shape index (κ1) is 19.1. The topological polar surface area (TPSA) is 69.6 Å². The average Bonchev–Trinajstić information content (AvgIpc) is 2.90. The Kier molecular flexibility index (Phi) is 5.93. The van der Waals surface area contributed by atoms with Crippen molar-refractivity contribution in [2.24, 2.45) is 0 Å². The summed E-state index contributed by atoms with van der Waals surface area (Å²) in [6.07, 6.45) is 1.94. The number of nitrogens with one attached hydrogen (secondary N) is 1. The Morgan fingerprint density at radius 1 is 1.19 bits per heavy atom. The van der Waals surface area contributed by atoms with Gasteiger partial charge in [-0.15, -0.1) is 0 Å². The van der Waals surface area contributed by atoms with E-state index in [-0.39, 0.29) is 30.5 Å². The van der Waals surface area contributed by atoms with Gasteiger partial charge in [-0.1, -0.05) is 53.8 Å². The lowest BCUT2D eigenvalue weighted by Gasteiger charge is -2.14. The molecule has 0 saturated carbocycles. The maximum atomic E-state index is 12.6. The Morgan fingerprint density at radius 2 is 1.85 bits per heavy atom. The van der Waals surface area contributed by atoms with Crippen molar-refractivity contribution in [1.29, 1.82) is 0 Å². The fraction of sp³-hybridized carbons (Fsp3) is 0.150. The standard InChI is InChI=1S/C20H18N2O3S2/c1-13-2-4-14(5-3-13)12-17-19(25)22(20(26)27-17)11-10-18(24)21-15-6-8-16(23)9-7-15/h2-9,12,23H,10-11H2,1H3,(H,21,24). The molecule has 0 unspecified atom stereocenters. The lowest BCUT2D eigenvalue weighted by atomic mass is 10.1. The number of phenolic OH excluding ortho intramolecular Hbond substituents is 1. The van der Waals surface area contributed by atoms with E-state index in [0.717, 1.165) is 11.1 Å². The van der Waals surface area contributed by atoms with Crippen LogP contribution in [0.1, 0.15) is 17.5 Å². The molecule has 1 saturated heterocycles. The highest BCUT2D eigenvalue weighted by Crippen LogP contribution is 2.32. The number of rotatable bonds is 5. The molecule has 2 amide bonds. The quantitative estimate of drug-likeness (QED) is 0.454. The zero-order valence-electron chi connectivity index (χ0n) is 14.6. The summed E-state index contributed by atoms with van der Waals surface area (Å²) in [5.74, 6) is -0.272. The third-order valence-electron chi connectivity index (χ3n) is 3.96. The van der Waals surface area contributed by atoms with Crippen LogP contribution in [0.15, 0.2) is 53.4 Å². The average molecular weight is 399 g/mol. The van der Waals surface area contributed by atoms with Gasteiger partial charge in [0.2, 0.25) is 5.91 Å². The fourth-order valence-electron chi connectivity index (χ4n) is 2.49. The number of thioether (sulfide) groups is 1. The summed E-state index contributed by atoms with van der Waals surface area (Å²) in [5, 5.41) is 12.0. The summed E-state index contributed by atoms with van der Waals surface area (Å²) in [7, 11) is 0. The van der Waals surface area contributed by atoms with E-state index in [9.17, 15) is 14.7 Å². The first-order chi connectivity index (χ1) is 12.9. The second kappa shape index (κ2) is 8.37. The predicted octanol–water partition coefficient (Wildman–Crippen LogP) is 3.93. The number of carbonyl (C=O) groups excluding carboxylic acids is 2. The van der Waals surface area contributed by atoms with Crippen LogP contribution < -0.4 is 5.32 Å². The number of phenols is 1. The summed E-state index contributed by atoms with van der Waals surface area (Å²) in [6.45, 7) is 2.23. The largest absolute Gasteiger partial charge is 0.508 e. The molecular formula is C20H18N2O3S2. The summed E-state index contributed by atoms with van der Waals surface area (Å²) in [5.41, 5.74) is 2.67. The number of hydrogen-bond acceptors (Lipinski definition) is 5. The van der Waals surface area contributed by atoms with Crippen LogP contribution in [0.5, 0.6) is 5.75 Å². The molecular weight excluding hydrogens is 380 g/mol. The number of anilines is 1. The van der Waals surface area contributed by atoms with Crippen LogP contribution in [0, 0.1) is 6.92 Å². The Labute approximate surface area is 167 Å². The molecule has 0 aromatic heterocycles. The summed E-state index contributed by atoms with van der Waals surface area (Å²) < 4.78 is 0.454. The van der Waals surface area contributed by atoms with Crippen LogP contribution in [-0.2, 0) is 9.59 Å². The molecule has 1 aliphatic heterocycles. The lowest BCUT2D eigenvalue weighted by molar-refractivity contribution is -0.122. The van der Waals surface area contributed by atoms with Gasteiger partial charge in [0.1, 0.15) is 10.1 Å². The summed E-state index contributed by atoms with van der Waals surface area (Å²) in [4.78, 5) is 26.7. The predicted molar refractivity (Wildman–Crippen MR) is 112 cm³/mol. The maximum Gasteiger partial charge on any atom is 0.266 e. The highest BCUT2D eigenvalue weighted by atomic mass is 32.2.